The quantitative estimate of drug-likeness (QED) is 0.185. The zero-order valence-electron chi connectivity index (χ0n) is 38.0. The minimum Gasteiger partial charge on any atom is -0.444 e. The van der Waals surface area contributed by atoms with Crippen LogP contribution in [0.25, 0.3) is 44.3 Å². The second kappa shape index (κ2) is 16.9. The van der Waals surface area contributed by atoms with Gasteiger partial charge in [-0.2, -0.15) is 0 Å². The maximum absolute atomic E-state index is 13.7. The van der Waals surface area contributed by atoms with Crippen LogP contribution in [0.1, 0.15) is 163 Å². The van der Waals surface area contributed by atoms with E-state index in [4.69, 9.17) is 14.7 Å². The lowest BCUT2D eigenvalue weighted by Crippen LogP contribution is -2.43. The molecule has 4 fully saturated rings. The predicted molar refractivity (Wildman–Crippen MR) is 255 cm³/mol. The standard InChI is InChI=1S/C56H67N5O2/c1-56(2,3)63-55(62)61-51-19-11-10-18-43(51)34-52(61)54-58-48-27-25-42(33-50(48)60-54)46-29-36-13-4-6-14-37-22-20-35(12-5-7-15-38(46)23-21-36)28-45(37)41-24-26-47-49(32-41)59-53(57-47)44-30-39-16-8-9-17-40(39)31-44/h20-29,32-33,39-40,43-44,51-52H,4-19,30-31,34H2,1-3H3,(H,57,59)(H,58,60)/t39-,40+,43-,44?,51-,52-/m0/s1. The van der Waals surface area contributed by atoms with Crippen LogP contribution in [0.3, 0.4) is 0 Å². The van der Waals surface area contributed by atoms with Crippen LogP contribution < -0.4 is 0 Å². The Morgan fingerprint density at radius 2 is 1.11 bits per heavy atom. The highest BCUT2D eigenvalue weighted by Gasteiger charge is 2.48. The van der Waals surface area contributed by atoms with Crippen molar-refractivity contribution in [2.24, 2.45) is 17.8 Å². The van der Waals surface area contributed by atoms with Crippen molar-refractivity contribution in [3.05, 3.63) is 107 Å². The van der Waals surface area contributed by atoms with E-state index in [9.17, 15) is 4.79 Å². The number of aryl methyl sites for hydroxylation is 4. The van der Waals surface area contributed by atoms with Crippen molar-refractivity contribution < 1.29 is 9.53 Å². The highest BCUT2D eigenvalue weighted by Crippen LogP contribution is 2.49. The summed E-state index contributed by atoms with van der Waals surface area (Å²) in [5, 5.41) is 0. The van der Waals surface area contributed by atoms with E-state index in [1.165, 1.54) is 107 Å². The third-order valence-electron chi connectivity index (χ3n) is 15.9. The molecule has 0 radical (unpaired) electrons. The summed E-state index contributed by atoms with van der Waals surface area (Å²) < 4.78 is 6.00. The molecule has 8 aliphatic rings. The fourth-order valence-electron chi connectivity index (χ4n) is 12.8. The Hall–Kier alpha value is -4.91. The number of amides is 1. The summed E-state index contributed by atoms with van der Waals surface area (Å²) in [6, 6.07) is 28.4. The van der Waals surface area contributed by atoms with E-state index >= 15 is 0 Å². The van der Waals surface area contributed by atoms with E-state index in [2.05, 4.69) is 82.8 Å². The van der Waals surface area contributed by atoms with Gasteiger partial charge in [0, 0.05) is 12.0 Å². The Bertz CT molecular complexity index is 2620. The van der Waals surface area contributed by atoms with Crippen molar-refractivity contribution in [2.45, 2.75) is 166 Å². The summed E-state index contributed by atoms with van der Waals surface area (Å²) in [6.45, 7) is 5.88. The van der Waals surface area contributed by atoms with Crippen LogP contribution in [-0.4, -0.2) is 42.6 Å². The molecule has 2 N–H and O–H groups in total. The molecule has 3 heterocycles. The molecule has 4 aromatic carbocycles. The number of aromatic amines is 2. The molecule has 4 bridgehead atoms. The number of nitrogens with zero attached hydrogens (tertiary/aromatic N) is 3. The van der Waals surface area contributed by atoms with Crippen molar-refractivity contribution in [1.82, 2.24) is 24.8 Å². The van der Waals surface area contributed by atoms with Crippen LogP contribution in [-0.2, 0) is 30.4 Å². The second-order valence-electron chi connectivity index (χ2n) is 21.3. The molecule has 63 heavy (non-hydrogen) atoms. The Labute approximate surface area is 374 Å². The number of aromatic nitrogens is 4. The zero-order chi connectivity index (χ0) is 42.7. The molecule has 1 amide bonds. The van der Waals surface area contributed by atoms with Crippen LogP contribution in [0.15, 0.2) is 72.8 Å². The molecule has 1 saturated heterocycles. The number of nitrogens with one attached hydrogen (secondary N) is 2. The molecule has 0 spiro atoms. The van der Waals surface area contributed by atoms with Crippen LogP contribution in [0, 0.1) is 17.8 Å². The van der Waals surface area contributed by atoms with E-state index in [0.717, 1.165) is 105 Å². The Morgan fingerprint density at radius 1 is 0.587 bits per heavy atom. The maximum atomic E-state index is 13.7. The number of hydrogen-bond donors (Lipinski definition) is 2. The summed E-state index contributed by atoms with van der Waals surface area (Å²) in [7, 11) is 0. The van der Waals surface area contributed by atoms with Crippen molar-refractivity contribution in [2.75, 3.05) is 0 Å². The number of likely N-dealkylation sites (tertiary alicyclic amines) is 1. The summed E-state index contributed by atoms with van der Waals surface area (Å²) in [5.41, 5.74) is 14.8. The number of rotatable bonds is 4. The fourth-order valence-corrected chi connectivity index (χ4v) is 12.8. The second-order valence-corrected chi connectivity index (χ2v) is 21.3. The monoisotopic (exact) mass is 842 g/mol. The fraction of sp³-hybridized carbons (Fsp3) is 0.518. The topological polar surface area (TPSA) is 86.9 Å². The molecule has 7 nitrogen and oxygen atoms in total. The Kier molecular flexibility index (Phi) is 11.0. The van der Waals surface area contributed by atoms with Gasteiger partial charge in [-0.05, 0) is 191 Å². The number of carbonyl (C=O) groups is 1. The highest BCUT2D eigenvalue weighted by molar-refractivity contribution is 5.84. The number of ether oxygens (including phenoxy) is 1. The molecule has 328 valence electrons. The zero-order valence-corrected chi connectivity index (χ0v) is 38.0. The van der Waals surface area contributed by atoms with Gasteiger partial charge in [-0.15, -0.1) is 0 Å². The molecule has 3 saturated carbocycles. The van der Waals surface area contributed by atoms with Crippen LogP contribution in [0.5, 0.6) is 0 Å². The van der Waals surface area contributed by atoms with E-state index < -0.39 is 5.60 Å². The summed E-state index contributed by atoms with van der Waals surface area (Å²) in [4.78, 5) is 33.7. The SMILES string of the molecule is CC(C)(C)OC(=O)N1[C@H](c2nc3ccc(-c4cc5ccc4CCCCc4ccc(c(-c6ccc7nc(C8C[C@H]9CCCC[C@H]9C8)[nH]c7c6)c4)CCCC5)cc3[nH]2)C[C@@H]2CCCC[C@@H]21. The van der Waals surface area contributed by atoms with Crippen molar-refractivity contribution in [1.29, 1.82) is 0 Å². The number of imidazole rings is 2. The van der Waals surface area contributed by atoms with Crippen LogP contribution in [0.2, 0.25) is 0 Å². The summed E-state index contributed by atoms with van der Waals surface area (Å²) >= 11 is 0. The average molecular weight is 842 g/mol. The first kappa shape index (κ1) is 40.8. The van der Waals surface area contributed by atoms with E-state index in [-0.39, 0.29) is 18.2 Å². The number of benzene rings is 4. The average Bonchev–Trinajstić information content (AvgIpc) is 4.09. The molecule has 7 aliphatic carbocycles. The number of H-pyrrole nitrogens is 2. The first-order chi connectivity index (χ1) is 30.7. The van der Waals surface area contributed by atoms with Gasteiger partial charge in [0.05, 0.1) is 28.1 Å². The maximum Gasteiger partial charge on any atom is 0.411 e. The van der Waals surface area contributed by atoms with Crippen LogP contribution >= 0.6 is 0 Å². The van der Waals surface area contributed by atoms with Gasteiger partial charge in [-0.1, -0.05) is 87.1 Å². The van der Waals surface area contributed by atoms with Gasteiger partial charge in [0.1, 0.15) is 17.2 Å². The molecule has 1 unspecified atom stereocenters. The number of carbonyl (C=O) groups excluding carboxylic acids is 1. The molecule has 6 atom stereocenters. The lowest BCUT2D eigenvalue weighted by molar-refractivity contribution is 0.00952. The molecular formula is C56H67N5O2. The molecule has 1 aliphatic heterocycles. The molecule has 14 rings (SSSR count). The smallest absolute Gasteiger partial charge is 0.411 e. The van der Waals surface area contributed by atoms with Crippen molar-refractivity contribution in [3.8, 4) is 22.3 Å². The van der Waals surface area contributed by atoms with Gasteiger partial charge in [0.25, 0.3) is 0 Å². The first-order valence-corrected chi connectivity index (χ1v) is 24.9. The molecule has 6 aromatic rings. The lowest BCUT2D eigenvalue weighted by Gasteiger charge is -2.34. The number of fused-ring (bicyclic) bond motifs is 4. The Morgan fingerprint density at radius 3 is 1.70 bits per heavy atom. The minimum atomic E-state index is -0.539. The van der Waals surface area contributed by atoms with E-state index in [1.807, 2.05) is 25.7 Å². The van der Waals surface area contributed by atoms with Gasteiger partial charge < -0.3 is 14.7 Å². The van der Waals surface area contributed by atoms with Gasteiger partial charge in [-0.25, -0.2) is 14.8 Å². The van der Waals surface area contributed by atoms with Crippen molar-refractivity contribution >= 4 is 28.2 Å². The summed E-state index contributed by atoms with van der Waals surface area (Å²) in [6.07, 6.45) is 22.5. The Balaban J connectivity index is 0.820. The van der Waals surface area contributed by atoms with Crippen LogP contribution in [0.4, 0.5) is 4.79 Å². The molecule has 7 heteroatoms. The number of hydrogen-bond acceptors (Lipinski definition) is 4. The summed E-state index contributed by atoms with van der Waals surface area (Å²) in [5.74, 6) is 5.02. The normalized spacial score (nSPS) is 25.5. The largest absolute Gasteiger partial charge is 0.444 e. The van der Waals surface area contributed by atoms with E-state index in [0.29, 0.717) is 11.8 Å². The van der Waals surface area contributed by atoms with Gasteiger partial charge in [-0.3, -0.25) is 4.90 Å². The lowest BCUT2D eigenvalue weighted by atomic mass is 9.82. The molecular weight excluding hydrogens is 775 g/mol. The minimum absolute atomic E-state index is 0.0967. The first-order valence-electron chi connectivity index (χ1n) is 24.9. The molecule has 2 aromatic heterocycles. The third-order valence-corrected chi connectivity index (χ3v) is 15.9. The van der Waals surface area contributed by atoms with Gasteiger partial charge >= 0.3 is 6.09 Å². The van der Waals surface area contributed by atoms with Gasteiger partial charge in [0.2, 0.25) is 0 Å². The van der Waals surface area contributed by atoms with Gasteiger partial charge in [0.15, 0.2) is 0 Å². The van der Waals surface area contributed by atoms with Crippen molar-refractivity contribution in [3.63, 3.8) is 0 Å². The third kappa shape index (κ3) is 8.35. The highest BCUT2D eigenvalue weighted by atomic mass is 16.6. The predicted octanol–water partition coefficient (Wildman–Crippen LogP) is 14.1. The van der Waals surface area contributed by atoms with E-state index in [1.54, 1.807) is 0 Å².